The van der Waals surface area contributed by atoms with Gasteiger partial charge in [0, 0.05) is 25.1 Å². The van der Waals surface area contributed by atoms with E-state index >= 15 is 0 Å². The topological polar surface area (TPSA) is 83.2 Å². The van der Waals surface area contributed by atoms with Crippen molar-refractivity contribution in [2.75, 3.05) is 33.1 Å². The number of nitro groups is 1. The number of hydrogen-bond acceptors (Lipinski definition) is 4. The van der Waals surface area contributed by atoms with Crippen molar-refractivity contribution < 1.29 is 9.77 Å². The molecule has 2 saturated heterocycles. The summed E-state index contributed by atoms with van der Waals surface area (Å²) >= 11 is 0. The van der Waals surface area contributed by atoms with Crippen molar-refractivity contribution in [1.29, 1.82) is 0 Å². The highest BCUT2D eigenvalue weighted by molar-refractivity contribution is 5.79. The third kappa shape index (κ3) is 3.86. The minimum absolute atomic E-state index is 0.393. The van der Waals surface area contributed by atoms with Crippen molar-refractivity contribution >= 4 is 5.96 Å². The van der Waals surface area contributed by atoms with Crippen LogP contribution in [0.2, 0.25) is 0 Å². The Hall–Kier alpha value is -1.41. The SMILES string of the molecule is O=[N+]([O-])N=C1NCN(C2CCCCC2)CN1CC1CCOC1. The molecule has 0 bridgehead atoms. The molecule has 1 aliphatic carbocycles. The Bertz CT molecular complexity index is 419. The fourth-order valence-electron chi connectivity index (χ4n) is 3.67. The van der Waals surface area contributed by atoms with Crippen LogP contribution in [0.5, 0.6) is 0 Å². The highest BCUT2D eigenvalue weighted by atomic mass is 16.7. The lowest BCUT2D eigenvalue weighted by atomic mass is 9.94. The minimum Gasteiger partial charge on any atom is -0.381 e. The van der Waals surface area contributed by atoms with Crippen LogP contribution in [-0.4, -0.2) is 59.9 Å². The lowest BCUT2D eigenvalue weighted by Gasteiger charge is -2.43. The van der Waals surface area contributed by atoms with Gasteiger partial charge in [0.25, 0.3) is 5.96 Å². The average molecular weight is 311 g/mol. The first-order valence-corrected chi connectivity index (χ1v) is 8.26. The predicted octanol–water partition coefficient (Wildman–Crippen LogP) is 1.03. The van der Waals surface area contributed by atoms with Gasteiger partial charge < -0.3 is 15.0 Å². The maximum atomic E-state index is 10.7. The van der Waals surface area contributed by atoms with E-state index in [0.717, 1.165) is 32.8 Å². The molecule has 3 rings (SSSR count). The predicted molar refractivity (Wildman–Crippen MR) is 81.6 cm³/mol. The first-order chi connectivity index (χ1) is 10.7. The second-order valence-corrected chi connectivity index (χ2v) is 6.47. The molecule has 0 aromatic rings. The monoisotopic (exact) mass is 311 g/mol. The quantitative estimate of drug-likeness (QED) is 0.616. The van der Waals surface area contributed by atoms with Gasteiger partial charge in [0.15, 0.2) is 5.03 Å². The number of ether oxygens (including phenoxy) is 1. The standard InChI is InChI=1S/C14H25N5O3/c20-19(21)16-14-15-10-18(13-4-2-1-3-5-13)11-17(14)8-12-6-7-22-9-12/h12-13H,1-11H2,(H,15,16). The average Bonchev–Trinajstić information content (AvgIpc) is 3.02. The van der Waals surface area contributed by atoms with E-state index in [9.17, 15) is 10.1 Å². The molecule has 124 valence electrons. The van der Waals surface area contributed by atoms with Gasteiger partial charge in [0.1, 0.15) is 5.10 Å². The Morgan fingerprint density at radius 2 is 2.14 bits per heavy atom. The summed E-state index contributed by atoms with van der Waals surface area (Å²) in [5.41, 5.74) is 0. The zero-order chi connectivity index (χ0) is 15.4. The molecular weight excluding hydrogens is 286 g/mol. The molecule has 1 atom stereocenters. The lowest BCUT2D eigenvalue weighted by molar-refractivity contribution is -0.486. The third-order valence-electron chi connectivity index (χ3n) is 4.86. The smallest absolute Gasteiger partial charge is 0.273 e. The van der Waals surface area contributed by atoms with Crippen molar-refractivity contribution in [3.8, 4) is 0 Å². The molecule has 22 heavy (non-hydrogen) atoms. The van der Waals surface area contributed by atoms with Gasteiger partial charge in [0.2, 0.25) is 0 Å². The molecule has 2 aliphatic heterocycles. The van der Waals surface area contributed by atoms with Crippen molar-refractivity contribution in [3.63, 3.8) is 0 Å². The molecule has 0 spiro atoms. The van der Waals surface area contributed by atoms with Crippen LogP contribution in [0.25, 0.3) is 0 Å². The molecular formula is C14H25N5O3. The normalized spacial score (nSPS) is 29.7. The van der Waals surface area contributed by atoms with Crippen molar-refractivity contribution in [2.24, 2.45) is 11.0 Å². The van der Waals surface area contributed by atoms with Crippen LogP contribution in [0.1, 0.15) is 38.5 Å². The van der Waals surface area contributed by atoms with Gasteiger partial charge in [-0.15, -0.1) is 0 Å². The summed E-state index contributed by atoms with van der Waals surface area (Å²) in [6.07, 6.45) is 7.37. The Morgan fingerprint density at radius 1 is 1.32 bits per heavy atom. The number of guanidine groups is 1. The molecule has 3 aliphatic rings. The Balaban J connectivity index is 1.65. The number of rotatable bonds is 4. The van der Waals surface area contributed by atoms with Crippen LogP contribution in [0, 0.1) is 16.0 Å². The van der Waals surface area contributed by atoms with Gasteiger partial charge in [-0.25, -0.2) is 10.1 Å². The van der Waals surface area contributed by atoms with E-state index in [1.807, 2.05) is 4.90 Å². The number of hydrazone groups is 1. The summed E-state index contributed by atoms with van der Waals surface area (Å²) < 4.78 is 5.42. The van der Waals surface area contributed by atoms with Crippen molar-refractivity contribution in [3.05, 3.63) is 10.1 Å². The first kappa shape index (κ1) is 15.5. The largest absolute Gasteiger partial charge is 0.381 e. The molecule has 0 radical (unpaired) electrons. The molecule has 0 amide bonds. The van der Waals surface area contributed by atoms with Crippen LogP contribution in [-0.2, 0) is 4.74 Å². The van der Waals surface area contributed by atoms with E-state index in [1.54, 1.807) is 0 Å². The maximum absolute atomic E-state index is 10.7. The van der Waals surface area contributed by atoms with Gasteiger partial charge in [-0.05, 0) is 19.3 Å². The fourth-order valence-corrected chi connectivity index (χ4v) is 3.67. The van der Waals surface area contributed by atoms with Crippen LogP contribution in [0.4, 0.5) is 0 Å². The summed E-state index contributed by atoms with van der Waals surface area (Å²) in [5, 5.41) is 16.8. The molecule has 1 unspecified atom stereocenters. The molecule has 0 aromatic carbocycles. The molecule has 8 heteroatoms. The fraction of sp³-hybridized carbons (Fsp3) is 0.929. The zero-order valence-corrected chi connectivity index (χ0v) is 12.9. The van der Waals surface area contributed by atoms with E-state index < -0.39 is 5.03 Å². The Labute approximate surface area is 130 Å². The maximum Gasteiger partial charge on any atom is 0.273 e. The molecule has 8 nitrogen and oxygen atoms in total. The van der Waals surface area contributed by atoms with Crippen LogP contribution in [0.15, 0.2) is 5.10 Å². The highest BCUT2D eigenvalue weighted by Crippen LogP contribution is 2.24. The lowest BCUT2D eigenvalue weighted by Crippen LogP contribution is -2.60. The molecule has 1 N–H and O–H groups in total. The van der Waals surface area contributed by atoms with Crippen LogP contribution in [0.3, 0.4) is 0 Å². The summed E-state index contributed by atoms with van der Waals surface area (Å²) in [7, 11) is 0. The molecule has 0 aromatic heterocycles. The summed E-state index contributed by atoms with van der Waals surface area (Å²) in [6.45, 7) is 3.67. The minimum atomic E-state index is -0.614. The second kappa shape index (κ2) is 7.23. The van der Waals surface area contributed by atoms with E-state index in [2.05, 4.69) is 15.3 Å². The highest BCUT2D eigenvalue weighted by Gasteiger charge is 2.31. The summed E-state index contributed by atoms with van der Waals surface area (Å²) in [4.78, 5) is 15.2. The van der Waals surface area contributed by atoms with E-state index in [-0.39, 0.29) is 0 Å². The van der Waals surface area contributed by atoms with E-state index in [4.69, 9.17) is 4.74 Å². The molecule has 1 saturated carbocycles. The number of hydrogen-bond donors (Lipinski definition) is 1. The zero-order valence-electron chi connectivity index (χ0n) is 12.9. The van der Waals surface area contributed by atoms with Gasteiger partial charge in [-0.1, -0.05) is 19.3 Å². The molecule has 3 fully saturated rings. The van der Waals surface area contributed by atoms with Crippen molar-refractivity contribution in [1.82, 2.24) is 15.1 Å². The first-order valence-electron chi connectivity index (χ1n) is 8.26. The van der Waals surface area contributed by atoms with Gasteiger partial charge in [-0.3, -0.25) is 4.90 Å². The molecule has 2 heterocycles. The van der Waals surface area contributed by atoms with E-state index in [0.29, 0.717) is 24.6 Å². The van der Waals surface area contributed by atoms with Gasteiger partial charge >= 0.3 is 0 Å². The van der Waals surface area contributed by atoms with Crippen molar-refractivity contribution in [2.45, 2.75) is 44.6 Å². The second-order valence-electron chi connectivity index (χ2n) is 6.47. The number of nitrogens with one attached hydrogen (secondary N) is 1. The van der Waals surface area contributed by atoms with Gasteiger partial charge in [-0.2, -0.15) is 0 Å². The summed E-state index contributed by atoms with van der Waals surface area (Å²) in [5.74, 6) is 0.828. The van der Waals surface area contributed by atoms with E-state index in [1.165, 1.54) is 32.1 Å². The Morgan fingerprint density at radius 3 is 2.82 bits per heavy atom. The van der Waals surface area contributed by atoms with Gasteiger partial charge in [0.05, 0.1) is 19.9 Å². The third-order valence-corrected chi connectivity index (χ3v) is 4.86. The van der Waals surface area contributed by atoms with Crippen LogP contribution < -0.4 is 5.32 Å². The number of nitrogens with zero attached hydrogens (tertiary/aromatic N) is 4. The van der Waals surface area contributed by atoms with Crippen LogP contribution >= 0.6 is 0 Å². The summed E-state index contributed by atoms with van der Waals surface area (Å²) in [6, 6.07) is 0.584. The Kier molecular flexibility index (Phi) is 5.09.